The molecule has 5 rings (SSSR count). The van der Waals surface area contributed by atoms with Crippen molar-refractivity contribution in [1.82, 2.24) is 23.9 Å². The summed E-state index contributed by atoms with van der Waals surface area (Å²) in [6, 6.07) is 12.7. The van der Waals surface area contributed by atoms with Gasteiger partial charge < -0.3 is 5.32 Å². The highest BCUT2D eigenvalue weighted by molar-refractivity contribution is 9.11. The number of aromatic nitrogens is 4. The van der Waals surface area contributed by atoms with E-state index in [4.69, 9.17) is 4.98 Å². The van der Waals surface area contributed by atoms with E-state index in [0.29, 0.717) is 30.2 Å². The summed E-state index contributed by atoms with van der Waals surface area (Å²) in [6.45, 7) is 1.47. The predicted molar refractivity (Wildman–Crippen MR) is 137 cm³/mol. The number of hydrogen-bond acceptors (Lipinski definition) is 6. The van der Waals surface area contributed by atoms with Gasteiger partial charge in [-0.1, -0.05) is 22.0 Å². The highest BCUT2D eigenvalue weighted by Crippen LogP contribution is 2.32. The maximum absolute atomic E-state index is 13.3. The van der Waals surface area contributed by atoms with Crippen LogP contribution in [0.3, 0.4) is 0 Å². The molecule has 1 aliphatic heterocycles. The molecule has 1 aliphatic rings. The molecule has 8 nitrogen and oxygen atoms in total. The van der Waals surface area contributed by atoms with E-state index >= 15 is 0 Å². The van der Waals surface area contributed by atoms with Crippen LogP contribution in [0.15, 0.2) is 74.9 Å². The molecule has 0 spiro atoms. The first-order valence-electron chi connectivity index (χ1n) is 10.8. The summed E-state index contributed by atoms with van der Waals surface area (Å²) < 4.78 is 31.5. The fourth-order valence-corrected chi connectivity index (χ4v) is 6.28. The second-order valence-electron chi connectivity index (χ2n) is 8.17. The van der Waals surface area contributed by atoms with Crippen LogP contribution in [-0.2, 0) is 16.6 Å². The number of benzene rings is 1. The summed E-state index contributed by atoms with van der Waals surface area (Å²) in [5.41, 5.74) is 2.59. The molecule has 0 bridgehead atoms. The lowest BCUT2D eigenvalue weighted by Gasteiger charge is -2.32. The molecular formula is C23H22Br2N6O2S. The van der Waals surface area contributed by atoms with Crippen molar-refractivity contribution in [3.63, 3.8) is 0 Å². The van der Waals surface area contributed by atoms with Crippen LogP contribution in [0.5, 0.6) is 0 Å². The smallest absolute Gasteiger partial charge is 0.243 e. The van der Waals surface area contributed by atoms with Crippen LogP contribution in [-0.4, -0.2) is 45.4 Å². The van der Waals surface area contributed by atoms with E-state index in [1.165, 1.54) is 0 Å². The van der Waals surface area contributed by atoms with Crippen molar-refractivity contribution in [3.8, 4) is 0 Å². The molecule has 0 saturated carbocycles. The molecule has 1 saturated heterocycles. The summed E-state index contributed by atoms with van der Waals surface area (Å²) in [5.74, 6) is 0.771. The number of piperidine rings is 1. The summed E-state index contributed by atoms with van der Waals surface area (Å²) in [6.07, 6.45) is 6.91. The van der Waals surface area contributed by atoms with Crippen LogP contribution in [0.25, 0.3) is 5.65 Å². The highest BCUT2D eigenvalue weighted by Gasteiger charge is 2.32. The average Bonchev–Trinajstić information content (AvgIpc) is 3.24. The molecule has 4 heterocycles. The van der Waals surface area contributed by atoms with Gasteiger partial charge in [0.15, 0.2) is 5.65 Å². The minimum Gasteiger partial charge on any atom is -0.366 e. The SMILES string of the molecule is O=S(=O)(c1ccc(Br)cc1)N1CCCC(c2cc(NCc3cccnc3)n3ncc(Br)c3n2)C1. The first-order valence-corrected chi connectivity index (χ1v) is 13.9. The van der Waals surface area contributed by atoms with Gasteiger partial charge in [-0.15, -0.1) is 0 Å². The van der Waals surface area contributed by atoms with E-state index in [0.717, 1.165) is 38.9 Å². The Hall–Kier alpha value is -2.34. The largest absolute Gasteiger partial charge is 0.366 e. The van der Waals surface area contributed by atoms with E-state index in [1.807, 2.05) is 24.4 Å². The fraction of sp³-hybridized carbons (Fsp3) is 0.261. The van der Waals surface area contributed by atoms with Crippen molar-refractivity contribution in [3.05, 3.63) is 81.3 Å². The first-order chi connectivity index (χ1) is 16.4. The quantitative estimate of drug-likeness (QED) is 0.338. The molecule has 34 heavy (non-hydrogen) atoms. The number of halogens is 2. The normalized spacial score (nSPS) is 17.2. The van der Waals surface area contributed by atoms with E-state index in [2.05, 4.69) is 47.3 Å². The van der Waals surface area contributed by atoms with Gasteiger partial charge in [-0.25, -0.2) is 13.4 Å². The number of pyridine rings is 1. The Morgan fingerprint density at radius 1 is 1.12 bits per heavy atom. The standard InChI is InChI=1S/C23H22Br2N6O2S/c24-18-5-7-19(8-6-18)34(32,33)30-10-2-4-17(15-30)21-11-22(27-13-16-3-1-9-26-12-16)31-23(29-21)20(25)14-28-31/h1,3,5-9,11-12,14,17,27H,2,4,10,13,15H2. The molecule has 1 aromatic carbocycles. The van der Waals surface area contributed by atoms with Gasteiger partial charge in [0.05, 0.1) is 21.3 Å². The van der Waals surface area contributed by atoms with Crippen molar-refractivity contribution < 1.29 is 8.42 Å². The summed E-state index contributed by atoms with van der Waals surface area (Å²) in [5, 5.41) is 7.87. The van der Waals surface area contributed by atoms with Crippen molar-refractivity contribution in [2.24, 2.45) is 0 Å². The zero-order valence-corrected chi connectivity index (χ0v) is 22.1. The molecule has 1 atom stereocenters. The summed E-state index contributed by atoms with van der Waals surface area (Å²) >= 11 is 6.91. The number of hydrogen-bond donors (Lipinski definition) is 1. The van der Waals surface area contributed by atoms with Gasteiger partial charge in [0.25, 0.3) is 0 Å². The third-order valence-electron chi connectivity index (χ3n) is 5.90. The van der Waals surface area contributed by atoms with Gasteiger partial charge in [0.2, 0.25) is 10.0 Å². The van der Waals surface area contributed by atoms with Crippen molar-refractivity contribution in [1.29, 1.82) is 0 Å². The first kappa shape index (κ1) is 23.4. The van der Waals surface area contributed by atoms with Crippen LogP contribution < -0.4 is 5.32 Å². The monoisotopic (exact) mass is 604 g/mol. The molecule has 11 heteroatoms. The lowest BCUT2D eigenvalue weighted by molar-refractivity contribution is 0.313. The molecule has 4 aromatic rings. The van der Waals surface area contributed by atoms with Gasteiger partial charge in [-0.3, -0.25) is 4.98 Å². The van der Waals surface area contributed by atoms with Gasteiger partial charge in [-0.2, -0.15) is 13.9 Å². The van der Waals surface area contributed by atoms with E-state index < -0.39 is 10.0 Å². The van der Waals surface area contributed by atoms with Crippen molar-refractivity contribution in [2.75, 3.05) is 18.4 Å². The Kier molecular flexibility index (Phi) is 6.70. The Bertz CT molecular complexity index is 1410. The summed E-state index contributed by atoms with van der Waals surface area (Å²) in [7, 11) is -3.58. The third kappa shape index (κ3) is 4.74. The van der Waals surface area contributed by atoms with Gasteiger partial charge >= 0.3 is 0 Å². The maximum Gasteiger partial charge on any atom is 0.243 e. The van der Waals surface area contributed by atoms with Gasteiger partial charge in [-0.05, 0) is 64.7 Å². The second-order valence-corrected chi connectivity index (χ2v) is 11.9. The Labute approximate surface area is 214 Å². The number of rotatable bonds is 6. The molecule has 1 unspecified atom stereocenters. The number of anilines is 1. The molecule has 1 N–H and O–H groups in total. The van der Waals surface area contributed by atoms with Crippen LogP contribution in [0, 0.1) is 0 Å². The minimum atomic E-state index is -3.58. The van der Waals surface area contributed by atoms with Crippen LogP contribution in [0.2, 0.25) is 0 Å². The molecular weight excluding hydrogens is 584 g/mol. The number of sulfonamides is 1. The van der Waals surface area contributed by atoms with Crippen molar-refractivity contribution >= 4 is 53.3 Å². The Morgan fingerprint density at radius 2 is 1.94 bits per heavy atom. The lowest BCUT2D eigenvalue weighted by Crippen LogP contribution is -2.39. The molecule has 0 radical (unpaired) electrons. The van der Waals surface area contributed by atoms with Gasteiger partial charge in [0.1, 0.15) is 5.82 Å². The lowest BCUT2D eigenvalue weighted by atomic mass is 9.96. The van der Waals surface area contributed by atoms with Crippen LogP contribution in [0.1, 0.15) is 30.0 Å². The summed E-state index contributed by atoms with van der Waals surface area (Å²) in [4.78, 5) is 9.32. The predicted octanol–water partition coefficient (Wildman–Crippen LogP) is 4.83. The van der Waals surface area contributed by atoms with Crippen LogP contribution in [0.4, 0.5) is 5.82 Å². The fourth-order valence-electron chi connectivity index (χ4n) is 4.14. The zero-order chi connectivity index (χ0) is 23.7. The van der Waals surface area contributed by atoms with Gasteiger partial charge in [0, 0.05) is 48.5 Å². The average molecular weight is 606 g/mol. The molecule has 176 valence electrons. The second kappa shape index (κ2) is 9.73. The number of fused-ring (bicyclic) bond motifs is 1. The van der Waals surface area contributed by atoms with Crippen LogP contribution >= 0.6 is 31.9 Å². The Morgan fingerprint density at radius 3 is 2.71 bits per heavy atom. The molecule has 1 fully saturated rings. The molecule has 0 aliphatic carbocycles. The zero-order valence-electron chi connectivity index (χ0n) is 18.1. The minimum absolute atomic E-state index is 0.0234. The Balaban J connectivity index is 1.44. The van der Waals surface area contributed by atoms with E-state index in [1.54, 1.807) is 45.5 Å². The highest BCUT2D eigenvalue weighted by atomic mass is 79.9. The number of nitrogens with one attached hydrogen (secondary N) is 1. The third-order valence-corrected chi connectivity index (χ3v) is 8.87. The van der Waals surface area contributed by atoms with E-state index in [-0.39, 0.29) is 5.92 Å². The number of nitrogens with zero attached hydrogens (tertiary/aromatic N) is 5. The topological polar surface area (TPSA) is 92.5 Å². The van der Waals surface area contributed by atoms with E-state index in [9.17, 15) is 8.42 Å². The van der Waals surface area contributed by atoms with Crippen molar-refractivity contribution in [2.45, 2.75) is 30.2 Å². The maximum atomic E-state index is 13.3. The molecule has 3 aromatic heterocycles. The molecule has 0 amide bonds.